The molecule has 0 spiro atoms. The minimum Gasteiger partial charge on any atom is -0.479 e. The van der Waals surface area contributed by atoms with Gasteiger partial charge in [0.1, 0.15) is 5.75 Å². The van der Waals surface area contributed by atoms with Crippen molar-refractivity contribution < 1.29 is 14.3 Å². The summed E-state index contributed by atoms with van der Waals surface area (Å²) in [5.41, 5.74) is 1.58. The van der Waals surface area contributed by atoms with Crippen LogP contribution in [-0.4, -0.2) is 37.1 Å². The first kappa shape index (κ1) is 15.9. The van der Waals surface area contributed by atoms with E-state index in [0.29, 0.717) is 18.0 Å². The average molecular weight is 280 g/mol. The molecule has 1 atom stereocenters. The van der Waals surface area contributed by atoms with Crippen LogP contribution in [0.3, 0.4) is 0 Å². The molecule has 0 saturated carbocycles. The van der Waals surface area contributed by atoms with Gasteiger partial charge in [0.25, 0.3) is 5.91 Å². The van der Waals surface area contributed by atoms with Gasteiger partial charge in [0.15, 0.2) is 6.10 Å². The number of aryl methyl sites for hydroxylation is 1. The van der Waals surface area contributed by atoms with Crippen molar-refractivity contribution in [2.75, 3.05) is 14.1 Å². The summed E-state index contributed by atoms with van der Waals surface area (Å²) in [6.07, 6.45) is -0.799. The highest BCUT2D eigenvalue weighted by Crippen LogP contribution is 2.18. The Morgan fingerprint density at radius 3 is 2.65 bits per heavy atom. The van der Waals surface area contributed by atoms with Gasteiger partial charge in [0, 0.05) is 19.3 Å². The number of amides is 3. The number of nitrogens with zero attached hydrogens (tertiary/aromatic N) is 1. The fourth-order valence-corrected chi connectivity index (χ4v) is 1.52. The number of aromatic nitrogens is 1. The predicted molar refractivity (Wildman–Crippen MR) is 74.4 cm³/mol. The maximum atomic E-state index is 11.7. The summed E-state index contributed by atoms with van der Waals surface area (Å²) >= 11 is 0. The van der Waals surface area contributed by atoms with Crippen molar-refractivity contribution in [3.8, 4) is 5.75 Å². The highest BCUT2D eigenvalue weighted by Gasteiger charge is 2.18. The van der Waals surface area contributed by atoms with E-state index in [1.54, 1.807) is 26.1 Å². The second-order valence-electron chi connectivity index (χ2n) is 4.26. The topological polar surface area (TPSA) is 92.4 Å². The number of urea groups is 1. The van der Waals surface area contributed by atoms with E-state index in [-0.39, 0.29) is 0 Å². The molecular weight excluding hydrogens is 260 g/mol. The lowest BCUT2D eigenvalue weighted by Gasteiger charge is -2.16. The molecule has 3 amide bonds. The van der Waals surface area contributed by atoms with Gasteiger partial charge in [-0.3, -0.25) is 15.1 Å². The first-order valence-electron chi connectivity index (χ1n) is 6.28. The summed E-state index contributed by atoms with van der Waals surface area (Å²) in [6.45, 7) is 3.98. The minimum atomic E-state index is -0.799. The summed E-state index contributed by atoms with van der Waals surface area (Å²) < 4.78 is 5.57. The third-order valence-corrected chi connectivity index (χ3v) is 2.55. The van der Waals surface area contributed by atoms with Crippen LogP contribution in [0.5, 0.6) is 5.75 Å². The Hall–Kier alpha value is -2.15. The Morgan fingerprint density at radius 2 is 2.05 bits per heavy atom. The molecule has 1 aromatic rings. The van der Waals surface area contributed by atoms with Gasteiger partial charge in [-0.05, 0) is 33.0 Å². The lowest BCUT2D eigenvalue weighted by Crippen LogP contribution is -2.44. The van der Waals surface area contributed by atoms with Crippen molar-refractivity contribution >= 4 is 11.9 Å². The first-order valence-corrected chi connectivity index (χ1v) is 6.28. The molecule has 20 heavy (non-hydrogen) atoms. The molecule has 1 heterocycles. The number of carbonyl (C=O) groups is 2. The monoisotopic (exact) mass is 280 g/mol. The van der Waals surface area contributed by atoms with Gasteiger partial charge in [-0.2, -0.15) is 0 Å². The highest BCUT2D eigenvalue weighted by atomic mass is 16.5. The van der Waals surface area contributed by atoms with Crippen molar-refractivity contribution in [2.45, 2.75) is 26.5 Å². The van der Waals surface area contributed by atoms with E-state index >= 15 is 0 Å². The van der Waals surface area contributed by atoms with E-state index in [1.807, 2.05) is 6.92 Å². The fraction of sp³-hybridized carbons (Fsp3) is 0.462. The van der Waals surface area contributed by atoms with Gasteiger partial charge in [-0.1, -0.05) is 0 Å². The maximum Gasteiger partial charge on any atom is 0.321 e. The van der Waals surface area contributed by atoms with Crippen LogP contribution < -0.4 is 20.7 Å². The molecule has 0 aliphatic carbocycles. The van der Waals surface area contributed by atoms with E-state index in [1.165, 1.54) is 7.05 Å². The number of nitrogens with one attached hydrogen (secondary N) is 3. The molecule has 0 bridgehead atoms. The fourth-order valence-electron chi connectivity index (χ4n) is 1.52. The third kappa shape index (κ3) is 4.51. The van der Waals surface area contributed by atoms with Gasteiger partial charge in [-0.25, -0.2) is 4.79 Å². The smallest absolute Gasteiger partial charge is 0.321 e. The quantitative estimate of drug-likeness (QED) is 0.723. The van der Waals surface area contributed by atoms with Gasteiger partial charge in [0.2, 0.25) is 0 Å². The number of pyridine rings is 1. The molecule has 0 saturated heterocycles. The first-order chi connectivity index (χ1) is 9.47. The molecule has 0 aromatic carbocycles. The number of rotatable bonds is 5. The molecule has 0 fully saturated rings. The zero-order valence-electron chi connectivity index (χ0n) is 12.1. The zero-order valence-corrected chi connectivity index (χ0v) is 12.1. The second-order valence-corrected chi connectivity index (χ2v) is 4.26. The summed E-state index contributed by atoms with van der Waals surface area (Å²) in [5, 5.41) is 7.46. The summed E-state index contributed by atoms with van der Waals surface area (Å²) in [7, 11) is 3.23. The largest absolute Gasteiger partial charge is 0.479 e. The van der Waals surface area contributed by atoms with Crippen LogP contribution in [0.1, 0.15) is 18.3 Å². The average Bonchev–Trinajstić information content (AvgIpc) is 2.41. The van der Waals surface area contributed by atoms with Crippen LogP contribution in [0.2, 0.25) is 0 Å². The third-order valence-electron chi connectivity index (χ3n) is 2.55. The van der Waals surface area contributed by atoms with Gasteiger partial charge in [-0.15, -0.1) is 0 Å². The van der Waals surface area contributed by atoms with Crippen LogP contribution in [-0.2, 0) is 11.3 Å². The van der Waals surface area contributed by atoms with E-state index in [2.05, 4.69) is 20.9 Å². The Labute approximate surface area is 118 Å². The second kappa shape index (κ2) is 7.44. The number of hydrogen-bond acceptors (Lipinski definition) is 5. The van der Waals surface area contributed by atoms with Crippen molar-refractivity contribution in [1.29, 1.82) is 0 Å². The van der Waals surface area contributed by atoms with Crippen LogP contribution in [0.25, 0.3) is 0 Å². The Morgan fingerprint density at radius 1 is 1.35 bits per heavy atom. The molecule has 1 unspecified atom stereocenters. The van der Waals surface area contributed by atoms with Crippen LogP contribution in [0, 0.1) is 6.92 Å². The van der Waals surface area contributed by atoms with Crippen LogP contribution >= 0.6 is 0 Å². The van der Waals surface area contributed by atoms with E-state index in [4.69, 9.17) is 4.74 Å². The summed E-state index contributed by atoms with van der Waals surface area (Å²) in [4.78, 5) is 27.1. The molecule has 110 valence electrons. The Balaban J connectivity index is 2.76. The van der Waals surface area contributed by atoms with Crippen LogP contribution in [0.15, 0.2) is 12.1 Å². The van der Waals surface area contributed by atoms with Gasteiger partial charge in [0.05, 0.1) is 5.69 Å². The Kier molecular flexibility index (Phi) is 5.92. The SMILES string of the molecule is CNCc1nc(C)ccc1OC(C)C(=O)NC(=O)NC. The van der Waals surface area contributed by atoms with E-state index in [0.717, 1.165) is 5.69 Å². The summed E-state index contributed by atoms with van der Waals surface area (Å²) in [6, 6.07) is 3.00. The van der Waals surface area contributed by atoms with Crippen molar-refractivity contribution in [3.63, 3.8) is 0 Å². The standard InChI is InChI=1S/C13H20N4O3/c1-8-5-6-11(10(16-8)7-14-3)20-9(2)12(18)17-13(19)15-4/h5-6,9,14H,7H2,1-4H3,(H2,15,17,18,19). The van der Waals surface area contributed by atoms with E-state index < -0.39 is 18.0 Å². The maximum absolute atomic E-state index is 11.7. The number of ether oxygens (including phenoxy) is 1. The molecule has 0 aliphatic rings. The van der Waals surface area contributed by atoms with Crippen LogP contribution in [0.4, 0.5) is 4.79 Å². The highest BCUT2D eigenvalue weighted by molar-refractivity contribution is 5.96. The normalized spacial score (nSPS) is 11.6. The van der Waals surface area contributed by atoms with Crippen molar-refractivity contribution in [3.05, 3.63) is 23.5 Å². The lowest BCUT2D eigenvalue weighted by molar-refractivity contribution is -0.126. The number of hydrogen-bond donors (Lipinski definition) is 3. The predicted octanol–water partition coefficient (Wildman–Crippen LogP) is 0.332. The molecule has 0 radical (unpaired) electrons. The minimum absolute atomic E-state index is 0.514. The number of carbonyl (C=O) groups excluding carboxylic acids is 2. The molecular formula is C13H20N4O3. The van der Waals surface area contributed by atoms with Crippen molar-refractivity contribution in [1.82, 2.24) is 20.9 Å². The van der Waals surface area contributed by atoms with Gasteiger partial charge < -0.3 is 15.4 Å². The Bertz CT molecular complexity index is 491. The number of imide groups is 1. The molecule has 1 rings (SSSR count). The van der Waals surface area contributed by atoms with Gasteiger partial charge >= 0.3 is 6.03 Å². The molecule has 7 heteroatoms. The summed E-state index contributed by atoms with van der Waals surface area (Å²) in [5.74, 6) is 0.00448. The molecule has 7 nitrogen and oxygen atoms in total. The molecule has 3 N–H and O–H groups in total. The van der Waals surface area contributed by atoms with Crippen molar-refractivity contribution in [2.24, 2.45) is 0 Å². The molecule has 1 aromatic heterocycles. The van der Waals surface area contributed by atoms with E-state index in [9.17, 15) is 9.59 Å². The molecule has 0 aliphatic heterocycles. The lowest BCUT2D eigenvalue weighted by atomic mass is 10.2. The zero-order chi connectivity index (χ0) is 15.1.